The van der Waals surface area contributed by atoms with Crippen LogP contribution in [0.1, 0.15) is 24.1 Å². The summed E-state index contributed by atoms with van der Waals surface area (Å²) in [5.74, 6) is 1.72. The fourth-order valence-corrected chi connectivity index (χ4v) is 3.54. The first kappa shape index (κ1) is 24.2. The number of methoxy groups -OCH3 is 1. The van der Waals surface area contributed by atoms with Crippen molar-refractivity contribution >= 4 is 29.9 Å². The van der Waals surface area contributed by atoms with E-state index in [1.165, 1.54) is 0 Å². The molecule has 1 aliphatic rings. The summed E-state index contributed by atoms with van der Waals surface area (Å²) >= 11 is 0. The van der Waals surface area contributed by atoms with Crippen molar-refractivity contribution in [3.8, 4) is 11.5 Å². The van der Waals surface area contributed by atoms with E-state index in [4.69, 9.17) is 4.74 Å². The van der Waals surface area contributed by atoms with Gasteiger partial charge in [-0.05, 0) is 43.0 Å². The molecule has 7 nitrogen and oxygen atoms in total. The Hall–Kier alpha value is -2.07. The van der Waals surface area contributed by atoms with E-state index in [1.807, 2.05) is 30.5 Å². The number of aliphatic imine (C=N–C) groups is 1. The van der Waals surface area contributed by atoms with E-state index in [0.717, 1.165) is 49.7 Å². The number of likely N-dealkylation sites (tertiary alicyclic amines) is 1. The third-order valence-electron chi connectivity index (χ3n) is 5.24. The fraction of sp³-hybridized carbons (Fsp3) is 0.455. The first-order valence-corrected chi connectivity index (χ1v) is 10.1. The molecule has 0 aliphatic carbocycles. The van der Waals surface area contributed by atoms with Gasteiger partial charge in [0.15, 0.2) is 5.96 Å². The summed E-state index contributed by atoms with van der Waals surface area (Å²) in [5.41, 5.74) is 2.01. The molecule has 2 heterocycles. The van der Waals surface area contributed by atoms with Gasteiger partial charge in [-0.2, -0.15) is 0 Å². The van der Waals surface area contributed by atoms with E-state index in [-0.39, 0.29) is 29.7 Å². The molecule has 3 rings (SSSR count). The Labute approximate surface area is 196 Å². The van der Waals surface area contributed by atoms with Crippen LogP contribution in [0.3, 0.4) is 0 Å². The number of nitrogens with zero attached hydrogens (tertiary/aromatic N) is 3. The number of ether oxygens (including phenoxy) is 1. The normalized spacial score (nSPS) is 15.3. The lowest BCUT2D eigenvalue weighted by molar-refractivity contribution is 0.196. The topological polar surface area (TPSA) is 82.0 Å². The number of aromatic hydroxyl groups is 1. The van der Waals surface area contributed by atoms with Crippen LogP contribution in [0.4, 0.5) is 0 Å². The lowest BCUT2D eigenvalue weighted by atomic mass is 10.0. The molecule has 0 amide bonds. The zero-order valence-electron chi connectivity index (χ0n) is 17.7. The number of halogens is 1. The summed E-state index contributed by atoms with van der Waals surface area (Å²) in [5, 5.41) is 16.9. The molecule has 0 radical (unpaired) electrons. The molecular formula is C22H32IN5O2. The third kappa shape index (κ3) is 7.32. The predicted molar refractivity (Wildman–Crippen MR) is 131 cm³/mol. The first-order valence-electron chi connectivity index (χ1n) is 10.1. The molecule has 2 aromatic rings. The van der Waals surface area contributed by atoms with Gasteiger partial charge in [0.05, 0.1) is 12.8 Å². The molecule has 0 atom stereocenters. The number of benzene rings is 1. The lowest BCUT2D eigenvalue weighted by Crippen LogP contribution is -2.48. The van der Waals surface area contributed by atoms with Gasteiger partial charge in [0.2, 0.25) is 0 Å². The van der Waals surface area contributed by atoms with Gasteiger partial charge in [0.1, 0.15) is 11.5 Å². The van der Waals surface area contributed by atoms with Crippen molar-refractivity contribution in [2.24, 2.45) is 4.99 Å². The van der Waals surface area contributed by atoms with E-state index in [9.17, 15) is 5.11 Å². The predicted octanol–water partition coefficient (Wildman–Crippen LogP) is 2.79. The number of phenols is 1. The Morgan fingerprint density at radius 3 is 2.70 bits per heavy atom. The Kier molecular flexibility index (Phi) is 10.2. The molecule has 1 aromatic heterocycles. The van der Waals surface area contributed by atoms with Gasteiger partial charge in [0.25, 0.3) is 0 Å². The highest BCUT2D eigenvalue weighted by molar-refractivity contribution is 14.0. The van der Waals surface area contributed by atoms with Gasteiger partial charge in [-0.25, -0.2) is 0 Å². The summed E-state index contributed by atoms with van der Waals surface area (Å²) in [6.07, 6.45) is 4.71. The largest absolute Gasteiger partial charge is 0.508 e. The van der Waals surface area contributed by atoms with Crippen molar-refractivity contribution in [1.29, 1.82) is 0 Å². The third-order valence-corrected chi connectivity index (χ3v) is 5.24. The highest BCUT2D eigenvalue weighted by Crippen LogP contribution is 2.23. The minimum atomic E-state index is 0. The van der Waals surface area contributed by atoms with Gasteiger partial charge in [0, 0.05) is 51.5 Å². The van der Waals surface area contributed by atoms with Gasteiger partial charge in [-0.15, -0.1) is 24.0 Å². The van der Waals surface area contributed by atoms with Crippen molar-refractivity contribution in [3.63, 3.8) is 0 Å². The average molecular weight is 525 g/mol. The molecule has 0 spiro atoms. The monoisotopic (exact) mass is 525 g/mol. The maximum atomic E-state index is 10.1. The van der Waals surface area contributed by atoms with Gasteiger partial charge in [-0.1, -0.05) is 12.1 Å². The molecule has 3 N–H and O–H groups in total. The molecule has 1 fully saturated rings. The number of rotatable bonds is 7. The number of phenolic OH excluding ortho intramolecular Hbond substituents is 1. The van der Waals surface area contributed by atoms with Gasteiger partial charge in [-0.3, -0.25) is 14.9 Å². The van der Waals surface area contributed by atoms with Crippen LogP contribution in [0, 0.1) is 0 Å². The number of nitrogens with one attached hydrogen (secondary N) is 2. The number of pyridine rings is 1. The van der Waals surface area contributed by atoms with Crippen molar-refractivity contribution < 1.29 is 9.84 Å². The minimum Gasteiger partial charge on any atom is -0.508 e. The summed E-state index contributed by atoms with van der Waals surface area (Å²) < 4.78 is 5.12. The number of hydrogen-bond donors (Lipinski definition) is 3. The Morgan fingerprint density at radius 1 is 1.27 bits per heavy atom. The Morgan fingerprint density at radius 2 is 2.07 bits per heavy atom. The quantitative estimate of drug-likeness (QED) is 0.293. The summed E-state index contributed by atoms with van der Waals surface area (Å²) in [4.78, 5) is 11.2. The molecule has 1 aromatic carbocycles. The van der Waals surface area contributed by atoms with Crippen LogP contribution >= 0.6 is 24.0 Å². The highest BCUT2D eigenvalue weighted by Gasteiger charge is 2.20. The molecule has 0 bridgehead atoms. The van der Waals surface area contributed by atoms with E-state index in [2.05, 4.69) is 31.6 Å². The molecule has 0 saturated carbocycles. The second-order valence-corrected chi connectivity index (χ2v) is 7.26. The second kappa shape index (κ2) is 12.6. The van der Waals surface area contributed by atoms with Crippen molar-refractivity contribution in [2.75, 3.05) is 33.8 Å². The maximum absolute atomic E-state index is 10.1. The van der Waals surface area contributed by atoms with E-state index in [0.29, 0.717) is 24.8 Å². The molecule has 1 aliphatic heterocycles. The number of guanidine groups is 1. The molecular weight excluding hydrogens is 493 g/mol. The van der Waals surface area contributed by atoms with Crippen LogP contribution in [0.5, 0.6) is 11.5 Å². The van der Waals surface area contributed by atoms with E-state index in [1.54, 1.807) is 20.2 Å². The van der Waals surface area contributed by atoms with Crippen LogP contribution < -0.4 is 15.4 Å². The van der Waals surface area contributed by atoms with Crippen LogP contribution in [-0.2, 0) is 13.0 Å². The molecule has 1 saturated heterocycles. The highest BCUT2D eigenvalue weighted by atomic mass is 127. The summed E-state index contributed by atoms with van der Waals surface area (Å²) in [6.45, 7) is 3.69. The molecule has 0 unspecified atom stereocenters. The first-order chi connectivity index (χ1) is 14.2. The minimum absolute atomic E-state index is 0. The number of piperidine rings is 1. The smallest absolute Gasteiger partial charge is 0.191 e. The lowest BCUT2D eigenvalue weighted by Gasteiger charge is -2.32. The molecule has 8 heteroatoms. The van der Waals surface area contributed by atoms with E-state index >= 15 is 0 Å². The van der Waals surface area contributed by atoms with Crippen LogP contribution in [-0.4, -0.2) is 60.8 Å². The Bertz CT molecular complexity index is 795. The maximum Gasteiger partial charge on any atom is 0.191 e. The zero-order chi connectivity index (χ0) is 20.5. The number of hydrogen-bond acceptors (Lipinski definition) is 5. The van der Waals surface area contributed by atoms with E-state index < -0.39 is 0 Å². The average Bonchev–Trinajstić information content (AvgIpc) is 2.76. The summed E-state index contributed by atoms with van der Waals surface area (Å²) in [7, 11) is 3.38. The van der Waals surface area contributed by atoms with Crippen LogP contribution in [0.25, 0.3) is 0 Å². The Balaban J connectivity index is 0.00000320. The van der Waals surface area contributed by atoms with Crippen LogP contribution in [0.2, 0.25) is 0 Å². The van der Waals surface area contributed by atoms with Crippen molar-refractivity contribution in [1.82, 2.24) is 20.5 Å². The van der Waals surface area contributed by atoms with Crippen molar-refractivity contribution in [3.05, 3.63) is 53.9 Å². The second-order valence-electron chi connectivity index (χ2n) is 7.26. The molecule has 164 valence electrons. The SMILES string of the molecule is CN=C(NCCc1ccc(OC)cc1O)NC1CCN(Cc2ccccn2)CC1.I. The standard InChI is InChI=1S/C22H31N5O2.HI/c1-23-22(25-12-8-17-6-7-20(29-2)15-21(17)28)26-18-9-13-27(14-10-18)16-19-5-3-4-11-24-19;/h3-7,11,15,18,28H,8-10,12-14,16H2,1-2H3,(H2,23,25,26);1H. The molecule has 30 heavy (non-hydrogen) atoms. The van der Waals surface area contributed by atoms with Crippen LogP contribution in [0.15, 0.2) is 47.6 Å². The zero-order valence-corrected chi connectivity index (χ0v) is 20.0. The van der Waals surface area contributed by atoms with Gasteiger partial charge < -0.3 is 20.5 Å². The number of aromatic nitrogens is 1. The van der Waals surface area contributed by atoms with Crippen molar-refractivity contribution in [2.45, 2.75) is 31.8 Å². The van der Waals surface area contributed by atoms with Gasteiger partial charge >= 0.3 is 0 Å². The fourth-order valence-electron chi connectivity index (χ4n) is 3.54. The summed E-state index contributed by atoms with van der Waals surface area (Å²) in [6, 6.07) is 11.9.